The predicted molar refractivity (Wildman–Crippen MR) is 95.6 cm³/mol. The van der Waals surface area contributed by atoms with Crippen LogP contribution in [0.5, 0.6) is 0 Å². The summed E-state index contributed by atoms with van der Waals surface area (Å²) in [6.07, 6.45) is 2.40. The number of halogens is 5. The number of nitrogens with two attached hydrogens (primary N) is 1. The van der Waals surface area contributed by atoms with Gasteiger partial charge in [-0.2, -0.15) is 22.0 Å². The quantitative estimate of drug-likeness (QED) is 0.403. The second kappa shape index (κ2) is 10.0. The summed E-state index contributed by atoms with van der Waals surface area (Å²) in [5.74, 6) is 0.865. The smallest absolute Gasteiger partial charge is 0.330 e. The molecule has 0 heterocycles. The molecule has 0 aromatic heterocycles. The lowest BCUT2D eigenvalue weighted by atomic mass is 9.90. The van der Waals surface area contributed by atoms with Gasteiger partial charge in [0.15, 0.2) is 0 Å². The fourth-order valence-electron chi connectivity index (χ4n) is 2.55. The van der Waals surface area contributed by atoms with Gasteiger partial charge in [0, 0.05) is 10.5 Å². The Morgan fingerprint density at radius 1 is 1.08 bits per heavy atom. The molecule has 9 heteroatoms. The second-order valence-electron chi connectivity index (χ2n) is 5.91. The molecule has 1 saturated carbocycles. The molecule has 3 N–H and O–H groups in total. The minimum Gasteiger partial charge on any atom is -0.330 e. The van der Waals surface area contributed by atoms with Crippen LogP contribution in [0.15, 0.2) is 23.1 Å². The predicted octanol–water partition coefficient (Wildman–Crippen LogP) is 5.38. The van der Waals surface area contributed by atoms with E-state index in [2.05, 4.69) is 4.72 Å². The summed E-state index contributed by atoms with van der Waals surface area (Å²) in [5.41, 5.74) is 0.345. The van der Waals surface area contributed by atoms with Gasteiger partial charge in [0.1, 0.15) is 0 Å². The number of rotatable bonds is 4. The van der Waals surface area contributed by atoms with Crippen LogP contribution in [0.25, 0.3) is 0 Å². The summed E-state index contributed by atoms with van der Waals surface area (Å²) in [7, 11) is 2.71. The molecule has 1 aliphatic rings. The third-order valence-corrected chi connectivity index (χ3v) is 4.91. The van der Waals surface area contributed by atoms with Gasteiger partial charge in [-0.3, -0.25) is 4.72 Å². The Morgan fingerprint density at radius 3 is 2.04 bits per heavy atom. The molecule has 0 radical (unpaired) electrons. The van der Waals surface area contributed by atoms with Gasteiger partial charge in [0.25, 0.3) is 5.66 Å². The number of alkyl halides is 5. The Morgan fingerprint density at radius 2 is 1.64 bits per heavy atom. The summed E-state index contributed by atoms with van der Waals surface area (Å²) in [5, 5.41) is 0. The second-order valence-corrected chi connectivity index (χ2v) is 7.72. The lowest BCUT2D eigenvalue weighted by Gasteiger charge is -2.18. The lowest BCUT2D eigenvalue weighted by molar-refractivity contribution is -0.137. The topological polar surface area (TPSA) is 38.0 Å². The van der Waals surface area contributed by atoms with Crippen molar-refractivity contribution in [2.45, 2.75) is 48.8 Å². The van der Waals surface area contributed by atoms with Gasteiger partial charge in [-0.05, 0) is 62.5 Å². The van der Waals surface area contributed by atoms with Crippen LogP contribution in [0.1, 0.15) is 43.2 Å². The van der Waals surface area contributed by atoms with Crippen LogP contribution in [-0.2, 0) is 11.8 Å². The van der Waals surface area contributed by atoms with E-state index in [1.165, 1.54) is 48.4 Å². The first-order valence-corrected chi connectivity index (χ1v) is 9.40. The van der Waals surface area contributed by atoms with Crippen molar-refractivity contribution in [3.8, 4) is 0 Å². The fraction of sp³-hybridized carbons (Fsp3) is 0.625. The number of hydrogen-bond acceptors (Lipinski definition) is 3. The van der Waals surface area contributed by atoms with E-state index in [9.17, 15) is 22.0 Å². The normalized spacial score (nSPS) is 16.3. The van der Waals surface area contributed by atoms with E-state index in [0.717, 1.165) is 36.5 Å². The molecule has 1 fully saturated rings. The number of hydrogen-bond donors (Lipinski definition) is 2. The van der Waals surface area contributed by atoms with Crippen molar-refractivity contribution in [2.24, 2.45) is 11.7 Å². The number of benzene rings is 1. The fourth-order valence-corrected chi connectivity index (χ4v) is 3.33. The Bertz CT molecular complexity index is 496. The van der Waals surface area contributed by atoms with Gasteiger partial charge in [-0.25, -0.2) is 0 Å². The third kappa shape index (κ3) is 8.20. The van der Waals surface area contributed by atoms with Gasteiger partial charge in [0.05, 0.1) is 5.56 Å². The number of nitrogens with one attached hydrogen (secondary N) is 1. The first-order chi connectivity index (χ1) is 11.6. The molecule has 1 atom stereocenters. The zero-order valence-electron chi connectivity index (χ0n) is 14.0. The van der Waals surface area contributed by atoms with Gasteiger partial charge >= 0.3 is 6.18 Å². The average Bonchev–Trinajstić information content (AvgIpc) is 2.54. The highest BCUT2D eigenvalue weighted by Crippen LogP contribution is 2.40. The first kappa shape index (κ1) is 22.6. The monoisotopic (exact) mass is 402 g/mol. The van der Waals surface area contributed by atoms with Crippen molar-refractivity contribution in [1.82, 2.24) is 4.72 Å². The van der Waals surface area contributed by atoms with Gasteiger partial charge in [-0.1, -0.05) is 28.5 Å². The molecule has 0 saturated heterocycles. The summed E-state index contributed by atoms with van der Waals surface area (Å²) in [4.78, 5) is 0.0828. The maximum atomic E-state index is 13.0. The maximum absolute atomic E-state index is 13.0. The van der Waals surface area contributed by atoms with E-state index in [1.54, 1.807) is 0 Å². The molecule has 0 bridgehead atoms. The van der Waals surface area contributed by atoms with Crippen LogP contribution >= 0.6 is 21.2 Å². The van der Waals surface area contributed by atoms with Crippen LogP contribution in [0.4, 0.5) is 22.0 Å². The van der Waals surface area contributed by atoms with Gasteiger partial charge in [0.2, 0.25) is 0 Å². The summed E-state index contributed by atoms with van der Waals surface area (Å²) < 4.78 is 66.0. The molecule has 0 aliphatic heterocycles. The molecular weight excluding hydrogens is 378 g/mol. The van der Waals surface area contributed by atoms with Crippen LogP contribution < -0.4 is 10.5 Å². The molecule has 0 amide bonds. The van der Waals surface area contributed by atoms with E-state index in [4.69, 9.17) is 5.73 Å². The van der Waals surface area contributed by atoms with Crippen molar-refractivity contribution >= 4 is 21.2 Å². The summed E-state index contributed by atoms with van der Waals surface area (Å²) in [6.45, 7) is 0.917. The molecule has 0 spiro atoms. The largest absolute Gasteiger partial charge is 0.416 e. The van der Waals surface area contributed by atoms with Crippen LogP contribution in [0, 0.1) is 5.92 Å². The Labute approximate surface area is 151 Å². The van der Waals surface area contributed by atoms with E-state index >= 15 is 0 Å². The van der Waals surface area contributed by atoms with Crippen LogP contribution in [0.2, 0.25) is 0 Å². The molecule has 144 valence electrons. The average molecular weight is 402 g/mol. The van der Waals surface area contributed by atoms with Crippen molar-refractivity contribution in [2.75, 3.05) is 13.6 Å². The zero-order chi connectivity index (χ0) is 19.1. The Balaban J connectivity index is 0.000000324. The van der Waals surface area contributed by atoms with Crippen molar-refractivity contribution in [3.05, 3.63) is 29.3 Å². The first-order valence-electron chi connectivity index (χ1n) is 8.01. The summed E-state index contributed by atoms with van der Waals surface area (Å²) >= 11 is 0.843. The van der Waals surface area contributed by atoms with E-state index in [0.29, 0.717) is 6.07 Å². The highest BCUT2D eigenvalue weighted by atomic mass is 32.2. The third-order valence-electron chi connectivity index (χ3n) is 3.90. The van der Waals surface area contributed by atoms with Crippen LogP contribution in [-0.4, -0.2) is 13.6 Å². The van der Waals surface area contributed by atoms with Gasteiger partial charge in [-0.15, -0.1) is 0 Å². The molecule has 1 aliphatic carbocycles. The highest BCUT2D eigenvalue weighted by Gasteiger charge is 2.34. The minimum absolute atomic E-state index is 0.0828. The van der Waals surface area contributed by atoms with Crippen molar-refractivity contribution in [1.29, 1.82) is 0 Å². The van der Waals surface area contributed by atoms with Gasteiger partial charge < -0.3 is 5.73 Å². The standard InChI is InChI=1S/C9H9F5NPS.C7H15N/c1-15-17-7-3-5(8(10,11)12)2-6(4-7)9(13,14)16;8-6-7-4-2-1-3-5-7/h2-4,15H,16H2,1H3;7H,1-6,8H2. The lowest BCUT2D eigenvalue weighted by Crippen LogP contribution is -2.16. The van der Waals surface area contributed by atoms with Crippen molar-refractivity contribution < 1.29 is 22.0 Å². The Kier molecular flexibility index (Phi) is 9.09. The van der Waals surface area contributed by atoms with Crippen LogP contribution in [0.3, 0.4) is 0 Å². The van der Waals surface area contributed by atoms with E-state index in [1.807, 2.05) is 0 Å². The SMILES string of the molecule is CNSc1cc(C(F)(F)F)cc(C(F)(F)P)c1.NCC1CCCCC1. The Hall–Kier alpha value is -0.430. The molecule has 1 unspecified atom stereocenters. The van der Waals surface area contributed by atoms with Crippen molar-refractivity contribution in [3.63, 3.8) is 0 Å². The van der Waals surface area contributed by atoms with E-state index < -0.39 is 23.0 Å². The van der Waals surface area contributed by atoms with E-state index in [-0.39, 0.29) is 4.90 Å². The molecular formula is C16H24F5N2PS. The minimum atomic E-state index is -4.64. The summed E-state index contributed by atoms with van der Waals surface area (Å²) in [6, 6.07) is 2.29. The molecule has 1 aromatic carbocycles. The maximum Gasteiger partial charge on any atom is 0.416 e. The molecule has 2 nitrogen and oxygen atoms in total. The molecule has 2 rings (SSSR count). The molecule has 1 aromatic rings. The highest BCUT2D eigenvalue weighted by molar-refractivity contribution is 7.97. The zero-order valence-corrected chi connectivity index (χ0v) is 16.0. The molecule has 25 heavy (non-hydrogen) atoms.